The second-order valence-electron chi connectivity index (χ2n) is 5.29. The predicted molar refractivity (Wildman–Crippen MR) is 88.6 cm³/mol. The van der Waals surface area contributed by atoms with E-state index in [4.69, 9.17) is 15.2 Å². The number of hydrogen-bond acceptors (Lipinski definition) is 5. The van der Waals surface area contributed by atoms with Crippen molar-refractivity contribution in [3.05, 3.63) is 47.9 Å². The number of imidazole rings is 1. The van der Waals surface area contributed by atoms with Crippen molar-refractivity contribution in [2.45, 2.75) is 20.1 Å². The Morgan fingerprint density at radius 1 is 1.22 bits per heavy atom. The fourth-order valence-electron chi connectivity index (χ4n) is 2.47. The maximum atomic E-state index is 5.85. The molecule has 0 aliphatic rings. The highest BCUT2D eigenvalue weighted by Crippen LogP contribution is 2.21. The molecule has 2 N–H and O–H groups in total. The number of aryl methyl sites for hydroxylation is 1. The van der Waals surface area contributed by atoms with Gasteiger partial charge in [-0.05, 0) is 30.7 Å². The van der Waals surface area contributed by atoms with E-state index in [2.05, 4.69) is 9.97 Å². The van der Waals surface area contributed by atoms with Crippen LogP contribution in [-0.2, 0) is 13.2 Å². The van der Waals surface area contributed by atoms with E-state index < -0.39 is 0 Å². The zero-order valence-corrected chi connectivity index (χ0v) is 13.3. The topological polar surface area (TPSA) is 75.2 Å². The lowest BCUT2D eigenvalue weighted by atomic mass is 10.3. The Balaban J connectivity index is 1.87. The minimum Gasteiger partial charge on any atom is -0.497 e. The van der Waals surface area contributed by atoms with Gasteiger partial charge >= 0.3 is 0 Å². The fraction of sp³-hybridized carbons (Fsp3) is 0.294. The highest BCUT2D eigenvalue weighted by Gasteiger charge is 2.12. The summed E-state index contributed by atoms with van der Waals surface area (Å²) in [5.74, 6) is 2.31. The van der Waals surface area contributed by atoms with Crippen LogP contribution < -0.4 is 15.2 Å². The number of pyridine rings is 1. The molecule has 2 heterocycles. The monoisotopic (exact) mass is 312 g/mol. The molecule has 6 heteroatoms. The second-order valence-corrected chi connectivity index (χ2v) is 5.29. The minimum absolute atomic E-state index is 0.350. The van der Waals surface area contributed by atoms with E-state index in [0.717, 1.165) is 34.1 Å². The lowest BCUT2D eigenvalue weighted by Gasteiger charge is -2.09. The van der Waals surface area contributed by atoms with Crippen molar-refractivity contribution in [3.63, 3.8) is 0 Å². The highest BCUT2D eigenvalue weighted by molar-refractivity contribution is 5.72. The zero-order valence-electron chi connectivity index (χ0n) is 13.3. The molecule has 120 valence electrons. The summed E-state index contributed by atoms with van der Waals surface area (Å²) in [5.41, 5.74) is 8.50. The molecule has 0 unspecified atom stereocenters. The second kappa shape index (κ2) is 6.66. The van der Waals surface area contributed by atoms with Crippen LogP contribution in [0, 0.1) is 6.92 Å². The molecular formula is C17H20N4O2. The van der Waals surface area contributed by atoms with Gasteiger partial charge in [-0.3, -0.25) is 0 Å². The molecule has 23 heavy (non-hydrogen) atoms. The summed E-state index contributed by atoms with van der Waals surface area (Å²) in [6, 6.07) is 9.52. The Labute approximate surface area is 134 Å². The highest BCUT2D eigenvalue weighted by atomic mass is 16.5. The molecule has 6 nitrogen and oxygen atoms in total. The van der Waals surface area contributed by atoms with Gasteiger partial charge in [-0.25, -0.2) is 9.97 Å². The van der Waals surface area contributed by atoms with E-state index in [0.29, 0.717) is 19.7 Å². The molecule has 0 atom stereocenters. The maximum Gasteiger partial charge on any atom is 0.160 e. The number of rotatable bonds is 6. The molecule has 0 fully saturated rings. The third-order valence-corrected chi connectivity index (χ3v) is 3.56. The predicted octanol–water partition coefficient (Wildman–Crippen LogP) is 2.29. The summed E-state index contributed by atoms with van der Waals surface area (Å²) in [6.07, 6.45) is 1.84. The quantitative estimate of drug-likeness (QED) is 0.756. The Hall–Kier alpha value is -2.60. The number of nitrogens with two attached hydrogens (primary N) is 1. The van der Waals surface area contributed by atoms with Crippen LogP contribution in [0.2, 0.25) is 0 Å². The SMILES string of the molecule is COc1cccc(OCc2nc3cc(C)cnc3n2CCN)c1. The first kappa shape index (κ1) is 15.3. The van der Waals surface area contributed by atoms with Gasteiger partial charge < -0.3 is 19.8 Å². The average Bonchev–Trinajstić information content (AvgIpc) is 2.90. The minimum atomic E-state index is 0.350. The smallest absolute Gasteiger partial charge is 0.160 e. The molecule has 0 radical (unpaired) electrons. The van der Waals surface area contributed by atoms with Crippen molar-refractivity contribution in [1.29, 1.82) is 0 Å². The summed E-state index contributed by atoms with van der Waals surface area (Å²) >= 11 is 0. The van der Waals surface area contributed by atoms with Crippen LogP contribution in [0.5, 0.6) is 11.5 Å². The van der Waals surface area contributed by atoms with E-state index >= 15 is 0 Å². The Morgan fingerprint density at radius 2 is 2.04 bits per heavy atom. The van der Waals surface area contributed by atoms with E-state index in [9.17, 15) is 0 Å². The first-order valence-corrected chi connectivity index (χ1v) is 7.50. The molecule has 0 amide bonds. The molecule has 0 bridgehead atoms. The van der Waals surface area contributed by atoms with Crippen LogP contribution in [0.15, 0.2) is 36.5 Å². The maximum absolute atomic E-state index is 5.85. The third kappa shape index (κ3) is 3.27. The molecule has 0 saturated heterocycles. The number of nitrogens with zero attached hydrogens (tertiary/aromatic N) is 3. The van der Waals surface area contributed by atoms with E-state index in [-0.39, 0.29) is 0 Å². The van der Waals surface area contributed by atoms with Crippen LogP contribution in [-0.4, -0.2) is 28.2 Å². The van der Waals surface area contributed by atoms with Gasteiger partial charge in [-0.15, -0.1) is 0 Å². The van der Waals surface area contributed by atoms with Gasteiger partial charge in [0.05, 0.1) is 7.11 Å². The Kier molecular flexibility index (Phi) is 4.43. The lowest BCUT2D eigenvalue weighted by Crippen LogP contribution is -2.14. The molecule has 0 aliphatic heterocycles. The number of fused-ring (bicyclic) bond motifs is 1. The molecular weight excluding hydrogens is 292 g/mol. The Morgan fingerprint density at radius 3 is 2.83 bits per heavy atom. The van der Waals surface area contributed by atoms with Crippen molar-refractivity contribution in [3.8, 4) is 11.5 Å². The normalized spacial score (nSPS) is 10.9. The number of benzene rings is 1. The van der Waals surface area contributed by atoms with Gasteiger partial charge in [-0.1, -0.05) is 6.07 Å². The van der Waals surface area contributed by atoms with Crippen molar-refractivity contribution in [2.24, 2.45) is 5.73 Å². The van der Waals surface area contributed by atoms with Crippen molar-refractivity contribution in [2.75, 3.05) is 13.7 Å². The third-order valence-electron chi connectivity index (χ3n) is 3.56. The molecule has 1 aromatic carbocycles. The summed E-state index contributed by atoms with van der Waals surface area (Å²) in [7, 11) is 1.63. The van der Waals surface area contributed by atoms with Gasteiger partial charge in [0.1, 0.15) is 29.4 Å². The summed E-state index contributed by atoms with van der Waals surface area (Å²) < 4.78 is 13.1. The standard InChI is InChI=1S/C17H20N4O2/c1-12-8-15-17(19-10-12)21(7-6-18)16(20-15)11-23-14-5-3-4-13(9-14)22-2/h3-5,8-10H,6-7,11,18H2,1-2H3. The van der Waals surface area contributed by atoms with Gasteiger partial charge in [0.15, 0.2) is 5.65 Å². The first-order valence-electron chi connectivity index (χ1n) is 7.50. The van der Waals surface area contributed by atoms with Gasteiger partial charge in [-0.2, -0.15) is 0 Å². The van der Waals surface area contributed by atoms with E-state index in [1.54, 1.807) is 7.11 Å². The summed E-state index contributed by atoms with van der Waals surface area (Å²) in [5, 5.41) is 0. The fourth-order valence-corrected chi connectivity index (χ4v) is 2.47. The molecule has 2 aromatic heterocycles. The van der Waals surface area contributed by atoms with E-state index in [1.165, 1.54) is 0 Å². The van der Waals surface area contributed by atoms with Crippen LogP contribution in [0.4, 0.5) is 0 Å². The number of ether oxygens (including phenoxy) is 2. The number of hydrogen-bond donors (Lipinski definition) is 1. The van der Waals surface area contributed by atoms with E-state index in [1.807, 2.05) is 48.0 Å². The van der Waals surface area contributed by atoms with Crippen LogP contribution in [0.1, 0.15) is 11.4 Å². The summed E-state index contributed by atoms with van der Waals surface area (Å²) in [6.45, 7) is 3.53. The average molecular weight is 312 g/mol. The molecule has 0 saturated carbocycles. The molecule has 3 rings (SSSR count). The van der Waals surface area contributed by atoms with Crippen LogP contribution >= 0.6 is 0 Å². The first-order chi connectivity index (χ1) is 11.2. The Bertz CT molecular complexity index is 813. The van der Waals surface area contributed by atoms with Gasteiger partial charge in [0, 0.05) is 25.4 Å². The van der Waals surface area contributed by atoms with Crippen molar-refractivity contribution >= 4 is 11.2 Å². The largest absolute Gasteiger partial charge is 0.497 e. The van der Waals surface area contributed by atoms with Crippen molar-refractivity contribution in [1.82, 2.24) is 14.5 Å². The van der Waals surface area contributed by atoms with Gasteiger partial charge in [0.25, 0.3) is 0 Å². The lowest BCUT2D eigenvalue weighted by molar-refractivity contribution is 0.288. The number of methoxy groups -OCH3 is 1. The molecule has 0 aliphatic carbocycles. The van der Waals surface area contributed by atoms with Crippen LogP contribution in [0.25, 0.3) is 11.2 Å². The summed E-state index contributed by atoms with van der Waals surface area (Å²) in [4.78, 5) is 9.11. The van der Waals surface area contributed by atoms with Crippen molar-refractivity contribution < 1.29 is 9.47 Å². The van der Waals surface area contributed by atoms with Gasteiger partial charge in [0.2, 0.25) is 0 Å². The zero-order chi connectivity index (χ0) is 16.2. The number of aromatic nitrogens is 3. The molecule has 3 aromatic rings. The van der Waals surface area contributed by atoms with Crippen LogP contribution in [0.3, 0.4) is 0 Å². The molecule has 0 spiro atoms.